The second kappa shape index (κ2) is 3.62. The molecule has 1 heterocycles. The summed E-state index contributed by atoms with van der Waals surface area (Å²) in [6.45, 7) is 1.98. The molecule has 14 heavy (non-hydrogen) atoms. The zero-order valence-electron chi connectivity index (χ0n) is 7.83. The van der Waals surface area contributed by atoms with E-state index in [1.807, 2.05) is 6.92 Å². The van der Waals surface area contributed by atoms with Crippen LogP contribution in [0.3, 0.4) is 0 Å². The largest absolute Gasteiger partial charge is 0.364 e. The highest BCUT2D eigenvalue weighted by Gasteiger charge is 2.11. The molecule has 0 spiro atoms. The van der Waals surface area contributed by atoms with E-state index in [1.54, 1.807) is 24.5 Å². The van der Waals surface area contributed by atoms with Crippen LogP contribution in [0, 0.1) is 5.82 Å². The molecule has 0 fully saturated rings. The monoisotopic (exact) mass is 191 g/mol. The van der Waals surface area contributed by atoms with Crippen molar-refractivity contribution in [2.75, 3.05) is 0 Å². The predicted octanol–water partition coefficient (Wildman–Crippen LogP) is 3.04. The molecule has 0 N–H and O–H groups in total. The normalized spacial score (nSPS) is 10.4. The van der Waals surface area contributed by atoms with Crippen LogP contribution in [-0.2, 0) is 6.42 Å². The first-order chi connectivity index (χ1) is 6.83. The van der Waals surface area contributed by atoms with E-state index in [0.29, 0.717) is 11.3 Å². The number of hydrogen-bond donors (Lipinski definition) is 0. The van der Waals surface area contributed by atoms with Crippen molar-refractivity contribution in [2.24, 2.45) is 0 Å². The Kier molecular flexibility index (Phi) is 2.31. The summed E-state index contributed by atoms with van der Waals surface area (Å²) in [5.41, 5.74) is 2.03. The van der Waals surface area contributed by atoms with Gasteiger partial charge in [0.2, 0.25) is 0 Å². The molecule has 0 saturated heterocycles. The molecule has 2 nitrogen and oxygen atoms in total. The molecule has 0 aliphatic carbocycles. The lowest BCUT2D eigenvalue weighted by atomic mass is 10.1. The van der Waals surface area contributed by atoms with Gasteiger partial charge in [-0.05, 0) is 18.6 Å². The minimum atomic E-state index is -0.267. The molecular formula is C11H10FNO. The summed E-state index contributed by atoms with van der Waals surface area (Å²) >= 11 is 0. The molecule has 72 valence electrons. The van der Waals surface area contributed by atoms with E-state index in [2.05, 4.69) is 5.16 Å². The highest BCUT2D eigenvalue weighted by molar-refractivity contribution is 5.62. The maximum Gasteiger partial charge on any atom is 0.132 e. The first kappa shape index (κ1) is 8.94. The molecule has 3 heteroatoms. The number of aryl methyl sites for hydroxylation is 1. The van der Waals surface area contributed by atoms with Crippen LogP contribution in [0.15, 0.2) is 35.1 Å². The van der Waals surface area contributed by atoms with Gasteiger partial charge in [-0.2, -0.15) is 0 Å². The second-order valence-corrected chi connectivity index (χ2v) is 3.02. The van der Waals surface area contributed by atoms with E-state index < -0.39 is 0 Å². The van der Waals surface area contributed by atoms with E-state index in [9.17, 15) is 4.39 Å². The molecule has 1 aromatic heterocycles. The molecule has 2 aromatic rings. The molecule has 0 aliphatic rings. The van der Waals surface area contributed by atoms with Gasteiger partial charge in [0.15, 0.2) is 0 Å². The van der Waals surface area contributed by atoms with Crippen LogP contribution in [0.2, 0.25) is 0 Å². The summed E-state index contributed by atoms with van der Waals surface area (Å²) in [5, 5.41) is 3.80. The summed E-state index contributed by atoms with van der Waals surface area (Å²) in [7, 11) is 0. The number of nitrogens with zero attached hydrogens (tertiary/aromatic N) is 1. The van der Waals surface area contributed by atoms with Gasteiger partial charge in [0, 0.05) is 11.1 Å². The fourth-order valence-electron chi connectivity index (χ4n) is 1.38. The summed E-state index contributed by atoms with van der Waals surface area (Å²) in [4.78, 5) is 0. The summed E-state index contributed by atoms with van der Waals surface area (Å²) < 4.78 is 18.2. The Morgan fingerprint density at radius 3 is 2.86 bits per heavy atom. The van der Waals surface area contributed by atoms with Crippen molar-refractivity contribution in [3.05, 3.63) is 41.9 Å². The zero-order chi connectivity index (χ0) is 9.97. The highest BCUT2D eigenvalue weighted by atomic mass is 19.1. The number of aromatic nitrogens is 1. The molecule has 0 bridgehead atoms. The third-order valence-corrected chi connectivity index (χ3v) is 2.15. The molecule has 0 amide bonds. The SMILES string of the molecule is CCc1conc1-c1ccccc1F. The Bertz CT molecular complexity index is 436. The molecule has 0 radical (unpaired) electrons. The smallest absolute Gasteiger partial charge is 0.132 e. The van der Waals surface area contributed by atoms with Crippen molar-refractivity contribution in [1.29, 1.82) is 0 Å². The van der Waals surface area contributed by atoms with E-state index in [-0.39, 0.29) is 5.82 Å². The Labute approximate surface area is 81.3 Å². The quantitative estimate of drug-likeness (QED) is 0.729. The van der Waals surface area contributed by atoms with Crippen LogP contribution in [-0.4, -0.2) is 5.16 Å². The minimum absolute atomic E-state index is 0.267. The van der Waals surface area contributed by atoms with E-state index in [1.165, 1.54) is 6.07 Å². The van der Waals surface area contributed by atoms with Crippen LogP contribution in [0.4, 0.5) is 4.39 Å². The summed E-state index contributed by atoms with van der Waals surface area (Å²) in [6.07, 6.45) is 2.34. The first-order valence-electron chi connectivity index (χ1n) is 4.51. The van der Waals surface area contributed by atoms with Gasteiger partial charge in [-0.3, -0.25) is 0 Å². The molecule has 0 aliphatic heterocycles. The van der Waals surface area contributed by atoms with E-state index in [0.717, 1.165) is 12.0 Å². The standard InChI is InChI=1S/C11H10FNO/c1-2-8-7-14-13-11(8)9-5-3-4-6-10(9)12/h3-7H,2H2,1H3. The van der Waals surface area contributed by atoms with Crippen LogP contribution < -0.4 is 0 Å². The third kappa shape index (κ3) is 1.41. The van der Waals surface area contributed by atoms with Crippen molar-refractivity contribution < 1.29 is 8.91 Å². The van der Waals surface area contributed by atoms with Gasteiger partial charge in [-0.15, -0.1) is 0 Å². The summed E-state index contributed by atoms with van der Waals surface area (Å²) in [6, 6.07) is 6.56. The third-order valence-electron chi connectivity index (χ3n) is 2.15. The lowest BCUT2D eigenvalue weighted by Crippen LogP contribution is -1.87. The number of halogens is 1. The molecule has 0 atom stereocenters. The Morgan fingerprint density at radius 2 is 2.14 bits per heavy atom. The van der Waals surface area contributed by atoms with Crippen molar-refractivity contribution in [1.82, 2.24) is 5.16 Å². The average molecular weight is 191 g/mol. The van der Waals surface area contributed by atoms with Crippen molar-refractivity contribution in [3.8, 4) is 11.3 Å². The molecule has 2 rings (SSSR count). The summed E-state index contributed by atoms with van der Waals surface area (Å²) in [5.74, 6) is -0.267. The van der Waals surface area contributed by atoms with Crippen LogP contribution in [0.25, 0.3) is 11.3 Å². The number of hydrogen-bond acceptors (Lipinski definition) is 2. The Hall–Kier alpha value is -1.64. The second-order valence-electron chi connectivity index (χ2n) is 3.02. The van der Waals surface area contributed by atoms with Crippen LogP contribution in [0.5, 0.6) is 0 Å². The van der Waals surface area contributed by atoms with Gasteiger partial charge in [-0.25, -0.2) is 4.39 Å². The highest BCUT2D eigenvalue weighted by Crippen LogP contribution is 2.24. The molecule has 0 saturated carbocycles. The fraction of sp³-hybridized carbons (Fsp3) is 0.182. The fourth-order valence-corrected chi connectivity index (χ4v) is 1.38. The first-order valence-corrected chi connectivity index (χ1v) is 4.51. The van der Waals surface area contributed by atoms with Gasteiger partial charge in [0.25, 0.3) is 0 Å². The van der Waals surface area contributed by atoms with Gasteiger partial charge in [0.05, 0.1) is 0 Å². The van der Waals surface area contributed by atoms with E-state index >= 15 is 0 Å². The van der Waals surface area contributed by atoms with Gasteiger partial charge < -0.3 is 4.52 Å². The number of rotatable bonds is 2. The van der Waals surface area contributed by atoms with Crippen molar-refractivity contribution >= 4 is 0 Å². The zero-order valence-corrected chi connectivity index (χ0v) is 7.83. The van der Waals surface area contributed by atoms with Gasteiger partial charge >= 0.3 is 0 Å². The Balaban J connectivity index is 2.54. The Morgan fingerprint density at radius 1 is 1.36 bits per heavy atom. The lowest BCUT2D eigenvalue weighted by Gasteiger charge is -1.99. The maximum absolute atomic E-state index is 13.4. The van der Waals surface area contributed by atoms with Gasteiger partial charge in [0.1, 0.15) is 17.8 Å². The van der Waals surface area contributed by atoms with E-state index in [4.69, 9.17) is 4.52 Å². The van der Waals surface area contributed by atoms with Crippen molar-refractivity contribution in [3.63, 3.8) is 0 Å². The number of benzene rings is 1. The maximum atomic E-state index is 13.4. The molecule has 0 unspecified atom stereocenters. The topological polar surface area (TPSA) is 26.0 Å². The lowest BCUT2D eigenvalue weighted by molar-refractivity contribution is 0.421. The van der Waals surface area contributed by atoms with Crippen LogP contribution in [0.1, 0.15) is 12.5 Å². The van der Waals surface area contributed by atoms with Gasteiger partial charge in [-0.1, -0.05) is 24.2 Å². The molecule has 1 aromatic carbocycles. The molecular weight excluding hydrogens is 181 g/mol. The van der Waals surface area contributed by atoms with Crippen molar-refractivity contribution in [2.45, 2.75) is 13.3 Å². The van der Waals surface area contributed by atoms with Crippen LogP contribution >= 0.6 is 0 Å². The average Bonchev–Trinajstić information content (AvgIpc) is 2.66. The minimum Gasteiger partial charge on any atom is -0.364 e. The predicted molar refractivity (Wildman–Crippen MR) is 51.3 cm³/mol.